The molecule has 0 aromatic heterocycles. The Labute approximate surface area is 75.9 Å². The van der Waals surface area contributed by atoms with Crippen molar-refractivity contribution in [3.05, 3.63) is 25.3 Å². The van der Waals surface area contributed by atoms with E-state index in [0.29, 0.717) is 15.2 Å². The summed E-state index contributed by atoms with van der Waals surface area (Å²) in [5.74, 6) is 0. The van der Waals surface area contributed by atoms with Gasteiger partial charge in [-0.05, 0) is 12.2 Å². The Hall–Kier alpha value is 0.592. The predicted molar refractivity (Wildman–Crippen MR) is 35.8 cm³/mol. The molecule has 0 bridgehead atoms. The highest BCUT2D eigenvalue weighted by Crippen LogP contribution is 1.84. The average Bonchev–Trinajstić information content (AvgIpc) is 1.69. The second kappa shape index (κ2) is 15.8. The Balaban J connectivity index is -0.000000180. The third kappa shape index (κ3) is 17.7. The van der Waals surface area contributed by atoms with Gasteiger partial charge in [0.1, 0.15) is 0 Å². The molecule has 0 nitrogen and oxygen atoms in total. The van der Waals surface area contributed by atoms with Crippen molar-refractivity contribution in [1.29, 1.82) is 0 Å². The maximum Gasteiger partial charge on any atom is 1.24 e. The Morgan fingerprint density at radius 1 is 1.00 bits per heavy atom. The van der Waals surface area contributed by atoms with E-state index in [4.69, 9.17) is 0 Å². The fraction of sp³-hybridized carbons (Fsp3) is 0.333. The molecule has 51 valence electrons. The summed E-state index contributed by atoms with van der Waals surface area (Å²) in [7, 11) is 0. The minimum Gasteiger partial charge on any atom is -1.00 e. The third-order valence-electron chi connectivity index (χ3n) is 0.667. The van der Waals surface area contributed by atoms with Crippen molar-refractivity contribution in [2.75, 3.05) is 0 Å². The zero-order valence-electron chi connectivity index (χ0n) is 5.32. The van der Waals surface area contributed by atoms with Crippen molar-refractivity contribution in [2.24, 2.45) is 0 Å². The van der Waals surface area contributed by atoms with Crippen LogP contribution in [0, 0.1) is 0 Å². The number of allylic oxidation sites excluding steroid dienone is 2. The molecule has 0 atom stereocenters. The maximum atomic E-state index is 3.62. The number of halogens is 2. The summed E-state index contributed by atoms with van der Waals surface area (Å²) >= 11 is 0.586. The standard InChI is InChI=1S/2C3H5.Al.2ClH/c2*1-3-2;;;/h2*3H,1-2H2;;2*1H/q;;+2;;/p-2. The van der Waals surface area contributed by atoms with E-state index in [9.17, 15) is 0 Å². The molecular formula is C6H10AlCl2. The lowest BCUT2D eigenvalue weighted by Gasteiger charge is -1.48. The first-order valence-corrected chi connectivity index (χ1v) is 4.08. The van der Waals surface area contributed by atoms with Gasteiger partial charge in [-0.2, -0.15) is 0 Å². The van der Waals surface area contributed by atoms with Crippen molar-refractivity contribution >= 4 is 15.2 Å². The van der Waals surface area contributed by atoms with Crippen LogP contribution < -0.4 is 24.8 Å². The zero-order valence-corrected chi connectivity index (χ0v) is 7.98. The molecule has 0 spiro atoms. The molecule has 3 heteroatoms. The van der Waals surface area contributed by atoms with Gasteiger partial charge in [-0.1, -0.05) is 13.2 Å². The molecule has 9 heavy (non-hydrogen) atoms. The van der Waals surface area contributed by atoms with Gasteiger partial charge in [-0.25, -0.2) is 0 Å². The monoisotopic (exact) mass is 179 g/mol. The van der Waals surface area contributed by atoms with Crippen molar-refractivity contribution in [2.45, 2.75) is 10.6 Å². The van der Waals surface area contributed by atoms with Gasteiger partial charge in [0.25, 0.3) is 0 Å². The number of hydrogen-bond donors (Lipinski definition) is 0. The minimum atomic E-state index is 0. The second-order valence-electron chi connectivity index (χ2n) is 1.34. The minimum absolute atomic E-state index is 0. The fourth-order valence-electron chi connectivity index (χ4n) is 0.332. The van der Waals surface area contributed by atoms with Crippen molar-refractivity contribution in [3.8, 4) is 0 Å². The van der Waals surface area contributed by atoms with Crippen LogP contribution >= 0.6 is 0 Å². The normalized spacial score (nSPS) is 6.22. The molecule has 0 aliphatic carbocycles. The fourth-order valence-corrected chi connectivity index (χ4v) is 0.996. The molecule has 0 aromatic carbocycles. The lowest BCUT2D eigenvalue weighted by molar-refractivity contribution is -0.001000. The van der Waals surface area contributed by atoms with Crippen LogP contribution in [0.1, 0.15) is 0 Å². The van der Waals surface area contributed by atoms with Crippen molar-refractivity contribution in [1.82, 2.24) is 0 Å². The number of hydrogen-bond acceptors (Lipinski definition) is 0. The molecule has 0 N–H and O–H groups in total. The molecule has 0 aliphatic rings. The summed E-state index contributed by atoms with van der Waals surface area (Å²) < 4.78 is 0. The molecule has 0 saturated heterocycles. The lowest BCUT2D eigenvalue weighted by Crippen LogP contribution is -3.00. The van der Waals surface area contributed by atoms with E-state index in [1.54, 1.807) is 0 Å². The molecule has 0 heterocycles. The Bertz CT molecular complexity index is 56.1. The van der Waals surface area contributed by atoms with E-state index in [-0.39, 0.29) is 24.8 Å². The average molecular weight is 180 g/mol. The van der Waals surface area contributed by atoms with Crippen LogP contribution in [-0.2, 0) is 0 Å². The zero-order chi connectivity index (χ0) is 5.54. The molecule has 0 aliphatic heterocycles. The van der Waals surface area contributed by atoms with Gasteiger partial charge in [0.05, 0.1) is 0 Å². The SMILES string of the molecule is C=C[CH2][Al+2][CH2]C=C.[Cl-].[Cl-]. The summed E-state index contributed by atoms with van der Waals surface area (Å²) in [5.41, 5.74) is 0. The maximum absolute atomic E-state index is 3.62. The van der Waals surface area contributed by atoms with Gasteiger partial charge in [0.2, 0.25) is 0 Å². The summed E-state index contributed by atoms with van der Waals surface area (Å²) in [5, 5.41) is 2.40. The van der Waals surface area contributed by atoms with Crippen LogP contribution in [0.5, 0.6) is 0 Å². The smallest absolute Gasteiger partial charge is 1.00 e. The number of rotatable bonds is 4. The van der Waals surface area contributed by atoms with Gasteiger partial charge >= 0.3 is 15.2 Å². The van der Waals surface area contributed by atoms with Crippen LogP contribution in [-0.4, -0.2) is 15.2 Å². The molecule has 0 aromatic rings. The van der Waals surface area contributed by atoms with Crippen LogP contribution in [0.4, 0.5) is 0 Å². The highest BCUT2D eigenvalue weighted by atomic mass is 35.5. The largest absolute Gasteiger partial charge is 1.24 e. The second-order valence-corrected chi connectivity index (χ2v) is 2.86. The van der Waals surface area contributed by atoms with E-state index in [2.05, 4.69) is 13.2 Å². The van der Waals surface area contributed by atoms with Crippen LogP contribution in [0.2, 0.25) is 10.6 Å². The van der Waals surface area contributed by atoms with E-state index < -0.39 is 0 Å². The summed E-state index contributed by atoms with van der Waals surface area (Å²) in [4.78, 5) is 0. The van der Waals surface area contributed by atoms with Crippen LogP contribution in [0.25, 0.3) is 0 Å². The molecule has 0 unspecified atom stereocenters. The molecule has 0 rings (SSSR count). The predicted octanol–water partition coefficient (Wildman–Crippen LogP) is -4.09. The molecule has 5 radical (unpaired) electrons. The first-order valence-electron chi connectivity index (χ1n) is 2.45. The lowest BCUT2D eigenvalue weighted by atomic mass is 10.7. The van der Waals surface area contributed by atoms with Gasteiger partial charge in [0.15, 0.2) is 10.6 Å². The molecule has 0 fully saturated rings. The Morgan fingerprint density at radius 3 is 1.56 bits per heavy atom. The Kier molecular flexibility index (Phi) is 28.7. The summed E-state index contributed by atoms with van der Waals surface area (Å²) in [6, 6.07) is 0. The Morgan fingerprint density at radius 2 is 1.33 bits per heavy atom. The third-order valence-corrected chi connectivity index (χ3v) is 2.00. The molecule has 0 amide bonds. The van der Waals surface area contributed by atoms with Gasteiger partial charge in [0, 0.05) is 0 Å². The highest BCUT2D eigenvalue weighted by molar-refractivity contribution is 6.36. The highest BCUT2D eigenvalue weighted by Gasteiger charge is 2.38. The van der Waals surface area contributed by atoms with Crippen LogP contribution in [0.3, 0.4) is 0 Å². The quantitative estimate of drug-likeness (QED) is 0.234. The first-order chi connectivity index (χ1) is 3.41. The topological polar surface area (TPSA) is 0 Å². The van der Waals surface area contributed by atoms with Crippen molar-refractivity contribution in [3.63, 3.8) is 0 Å². The van der Waals surface area contributed by atoms with E-state index in [1.807, 2.05) is 12.2 Å². The molecular weight excluding hydrogens is 170 g/mol. The van der Waals surface area contributed by atoms with E-state index >= 15 is 0 Å². The van der Waals surface area contributed by atoms with Crippen LogP contribution in [0.15, 0.2) is 25.3 Å². The van der Waals surface area contributed by atoms with Gasteiger partial charge < -0.3 is 24.8 Å². The summed E-state index contributed by atoms with van der Waals surface area (Å²) in [6.45, 7) is 7.24. The van der Waals surface area contributed by atoms with E-state index in [0.717, 1.165) is 0 Å². The first kappa shape index (κ1) is 16.3. The van der Waals surface area contributed by atoms with E-state index in [1.165, 1.54) is 10.6 Å². The van der Waals surface area contributed by atoms with Crippen molar-refractivity contribution < 1.29 is 24.8 Å². The van der Waals surface area contributed by atoms with Gasteiger partial charge in [-0.15, -0.1) is 0 Å². The molecule has 0 saturated carbocycles. The van der Waals surface area contributed by atoms with Gasteiger partial charge in [-0.3, -0.25) is 0 Å². The summed E-state index contributed by atoms with van der Waals surface area (Å²) in [6.07, 6.45) is 3.94.